The van der Waals surface area contributed by atoms with Crippen molar-refractivity contribution in [2.75, 3.05) is 26.1 Å². The van der Waals surface area contributed by atoms with Gasteiger partial charge in [0.25, 0.3) is 5.91 Å². The van der Waals surface area contributed by atoms with E-state index in [1.807, 2.05) is 0 Å². The van der Waals surface area contributed by atoms with Crippen molar-refractivity contribution in [1.29, 1.82) is 0 Å². The van der Waals surface area contributed by atoms with Gasteiger partial charge < -0.3 is 24.3 Å². The molecule has 7 nitrogen and oxygen atoms in total. The molecule has 1 rings (SSSR count). The van der Waals surface area contributed by atoms with Crippen molar-refractivity contribution in [2.45, 2.75) is 26.1 Å². The van der Waals surface area contributed by atoms with Gasteiger partial charge in [0.15, 0.2) is 11.5 Å². The molecule has 0 aliphatic carbocycles. The van der Waals surface area contributed by atoms with Crippen LogP contribution < -0.4 is 14.8 Å². The Morgan fingerprint density at radius 1 is 1.27 bits per heavy atom. The fourth-order valence-corrected chi connectivity index (χ4v) is 1.93. The van der Waals surface area contributed by atoms with Crippen LogP contribution in [-0.4, -0.2) is 45.4 Å². The Balaban J connectivity index is 3.14. The van der Waals surface area contributed by atoms with Gasteiger partial charge in [-0.05, 0) is 13.3 Å². The zero-order valence-corrected chi connectivity index (χ0v) is 14.7. The van der Waals surface area contributed by atoms with Crippen LogP contribution in [0.1, 0.15) is 23.7 Å². The summed E-state index contributed by atoms with van der Waals surface area (Å²) in [5.74, 6) is -1.82. The monoisotopic (exact) mass is 373 g/mol. The minimum atomic E-state index is -3.11. The smallest absolute Gasteiger partial charge is 0.387 e. The number of halogens is 2. The molecular formula is C17H21F2NO6. The molecule has 0 bridgehead atoms. The maximum Gasteiger partial charge on any atom is 0.387 e. The van der Waals surface area contributed by atoms with E-state index in [9.17, 15) is 18.4 Å². The van der Waals surface area contributed by atoms with Crippen LogP contribution in [0.4, 0.5) is 14.5 Å². The van der Waals surface area contributed by atoms with Gasteiger partial charge in [-0.15, -0.1) is 6.58 Å². The van der Waals surface area contributed by atoms with Gasteiger partial charge in [-0.25, -0.2) is 4.79 Å². The molecule has 1 aromatic rings. The number of anilines is 1. The van der Waals surface area contributed by atoms with Crippen molar-refractivity contribution in [1.82, 2.24) is 0 Å². The highest BCUT2D eigenvalue weighted by molar-refractivity contribution is 6.03. The Morgan fingerprint density at radius 2 is 1.96 bits per heavy atom. The van der Waals surface area contributed by atoms with Crippen molar-refractivity contribution in [3.05, 3.63) is 30.4 Å². The highest BCUT2D eigenvalue weighted by atomic mass is 19.3. The Bertz CT molecular complexity index is 650. The lowest BCUT2D eigenvalue weighted by Crippen LogP contribution is -2.29. The van der Waals surface area contributed by atoms with E-state index in [0.717, 1.165) is 19.2 Å². The van der Waals surface area contributed by atoms with Crippen LogP contribution in [0.15, 0.2) is 24.8 Å². The Labute approximate surface area is 149 Å². The number of amides is 1. The second-order valence-corrected chi connectivity index (χ2v) is 5.00. The zero-order chi connectivity index (χ0) is 19.7. The van der Waals surface area contributed by atoms with Gasteiger partial charge in [0, 0.05) is 12.1 Å². The van der Waals surface area contributed by atoms with Crippen molar-refractivity contribution in [3.8, 4) is 11.5 Å². The molecule has 0 aliphatic heterocycles. The van der Waals surface area contributed by atoms with Crippen LogP contribution >= 0.6 is 0 Å². The number of ether oxygens (including phenoxy) is 4. The highest BCUT2D eigenvalue weighted by Crippen LogP contribution is 2.35. The summed E-state index contributed by atoms with van der Waals surface area (Å²) >= 11 is 0. The molecule has 0 fully saturated rings. The molecule has 0 aliphatic rings. The third kappa shape index (κ3) is 5.99. The molecule has 0 heterocycles. The molecule has 9 heteroatoms. The number of methoxy groups -OCH3 is 2. The van der Waals surface area contributed by atoms with Crippen LogP contribution in [0.5, 0.6) is 11.5 Å². The van der Waals surface area contributed by atoms with Crippen LogP contribution in [0, 0.1) is 0 Å². The first-order valence-electron chi connectivity index (χ1n) is 7.62. The molecule has 144 valence electrons. The Hall–Kier alpha value is -2.68. The second-order valence-electron chi connectivity index (χ2n) is 5.00. The predicted octanol–water partition coefficient (Wildman–Crippen LogP) is 3.00. The van der Waals surface area contributed by atoms with Crippen LogP contribution in [0.3, 0.4) is 0 Å². The fraction of sp³-hybridized carbons (Fsp3) is 0.412. The van der Waals surface area contributed by atoms with Crippen molar-refractivity contribution in [2.24, 2.45) is 0 Å². The number of hydrogen-bond acceptors (Lipinski definition) is 6. The van der Waals surface area contributed by atoms with Gasteiger partial charge in [0.05, 0.1) is 32.1 Å². The van der Waals surface area contributed by atoms with Crippen LogP contribution in [-0.2, 0) is 14.3 Å². The summed E-state index contributed by atoms with van der Waals surface area (Å²) in [4.78, 5) is 24.2. The summed E-state index contributed by atoms with van der Waals surface area (Å²) in [5, 5.41) is 2.45. The van der Waals surface area contributed by atoms with Crippen molar-refractivity contribution in [3.63, 3.8) is 0 Å². The zero-order valence-electron chi connectivity index (χ0n) is 14.7. The molecule has 1 atom stereocenters. The average molecular weight is 373 g/mol. The Kier molecular flexibility index (Phi) is 8.50. The number of hydrogen-bond donors (Lipinski definition) is 1. The molecule has 0 radical (unpaired) electrons. The van der Waals surface area contributed by atoms with E-state index >= 15 is 0 Å². The summed E-state index contributed by atoms with van der Waals surface area (Å²) in [6.45, 7) is 2.22. The van der Waals surface area contributed by atoms with Gasteiger partial charge >= 0.3 is 12.6 Å². The molecule has 0 spiro atoms. The maximum absolute atomic E-state index is 12.6. The fourth-order valence-electron chi connectivity index (χ4n) is 1.93. The molecule has 1 aromatic carbocycles. The summed E-state index contributed by atoms with van der Waals surface area (Å²) < 4.78 is 44.4. The Morgan fingerprint density at radius 3 is 2.50 bits per heavy atom. The molecule has 1 amide bonds. The number of alkyl halides is 2. The SMILES string of the molecule is C=CCCOC(C)C(=O)Nc1cc(OC(F)F)c(OC)cc1C(=O)OC. The van der Waals surface area contributed by atoms with E-state index in [-0.39, 0.29) is 29.4 Å². The van der Waals surface area contributed by atoms with Gasteiger partial charge in [-0.3, -0.25) is 4.79 Å². The maximum atomic E-state index is 12.6. The standard InChI is InChI=1S/C17H21F2NO6/c1-5-6-7-25-10(2)15(21)20-12-9-14(26-17(18)19)13(23-3)8-11(12)16(22)24-4/h5,8-10,17H,1,6-7H2,2-4H3,(H,20,21). The van der Waals surface area contributed by atoms with E-state index in [2.05, 4.69) is 21.4 Å². The number of carbonyl (C=O) groups excluding carboxylic acids is 2. The van der Waals surface area contributed by atoms with E-state index in [4.69, 9.17) is 9.47 Å². The third-order valence-corrected chi connectivity index (χ3v) is 3.24. The lowest BCUT2D eigenvalue weighted by Gasteiger charge is -2.17. The van der Waals surface area contributed by atoms with E-state index in [0.29, 0.717) is 6.42 Å². The number of nitrogens with one attached hydrogen (secondary N) is 1. The van der Waals surface area contributed by atoms with Crippen molar-refractivity contribution < 1.29 is 37.3 Å². The number of carbonyl (C=O) groups is 2. The van der Waals surface area contributed by atoms with Gasteiger partial charge in [0.2, 0.25) is 0 Å². The molecule has 0 aromatic heterocycles. The molecule has 0 saturated carbocycles. The predicted molar refractivity (Wildman–Crippen MR) is 89.8 cm³/mol. The molecule has 26 heavy (non-hydrogen) atoms. The summed E-state index contributed by atoms with van der Waals surface area (Å²) in [5.41, 5.74) is -0.157. The van der Waals surface area contributed by atoms with E-state index in [1.54, 1.807) is 6.08 Å². The number of rotatable bonds is 10. The largest absolute Gasteiger partial charge is 0.493 e. The third-order valence-electron chi connectivity index (χ3n) is 3.24. The summed E-state index contributed by atoms with van der Waals surface area (Å²) in [6.07, 6.45) is 1.35. The van der Waals surface area contributed by atoms with E-state index in [1.165, 1.54) is 14.0 Å². The minimum Gasteiger partial charge on any atom is -0.493 e. The number of esters is 1. The van der Waals surface area contributed by atoms with Gasteiger partial charge in [-0.1, -0.05) is 6.08 Å². The first-order valence-corrected chi connectivity index (χ1v) is 7.62. The molecule has 0 saturated heterocycles. The molecule has 1 N–H and O–H groups in total. The topological polar surface area (TPSA) is 83.1 Å². The lowest BCUT2D eigenvalue weighted by molar-refractivity contribution is -0.126. The normalized spacial score (nSPS) is 11.6. The van der Waals surface area contributed by atoms with Gasteiger partial charge in [-0.2, -0.15) is 8.78 Å². The molecular weight excluding hydrogens is 352 g/mol. The second kappa shape index (κ2) is 10.3. The quantitative estimate of drug-likeness (QED) is 0.386. The van der Waals surface area contributed by atoms with Crippen LogP contribution in [0.25, 0.3) is 0 Å². The summed E-state index contributed by atoms with van der Waals surface area (Å²) in [7, 11) is 2.37. The highest BCUT2D eigenvalue weighted by Gasteiger charge is 2.22. The number of benzene rings is 1. The van der Waals surface area contributed by atoms with Gasteiger partial charge in [0.1, 0.15) is 6.10 Å². The van der Waals surface area contributed by atoms with Crippen molar-refractivity contribution >= 4 is 17.6 Å². The first kappa shape index (κ1) is 21.4. The molecule has 1 unspecified atom stereocenters. The first-order chi connectivity index (χ1) is 12.3. The minimum absolute atomic E-state index is 0.0718. The average Bonchev–Trinajstić information content (AvgIpc) is 2.60. The summed E-state index contributed by atoms with van der Waals surface area (Å²) in [6, 6.07) is 2.20. The van der Waals surface area contributed by atoms with E-state index < -0.39 is 24.6 Å². The van der Waals surface area contributed by atoms with Crippen LogP contribution in [0.2, 0.25) is 0 Å². The lowest BCUT2D eigenvalue weighted by atomic mass is 10.1.